The Bertz CT molecular complexity index is 832. The molecule has 1 saturated carbocycles. The number of carbonyl (C=O) groups is 1. The van der Waals surface area contributed by atoms with Gasteiger partial charge in [-0.1, -0.05) is 0 Å². The zero-order chi connectivity index (χ0) is 17.4. The Labute approximate surface area is 140 Å². The van der Waals surface area contributed by atoms with Gasteiger partial charge < -0.3 is 11.1 Å². The van der Waals surface area contributed by atoms with Crippen molar-refractivity contribution in [2.24, 2.45) is 18.7 Å². The van der Waals surface area contributed by atoms with Crippen molar-refractivity contribution in [2.45, 2.75) is 45.6 Å². The van der Waals surface area contributed by atoms with Crippen LogP contribution in [0.3, 0.4) is 0 Å². The molecule has 3 rings (SSSR count). The molecule has 7 heteroatoms. The van der Waals surface area contributed by atoms with Gasteiger partial charge in [-0.15, -0.1) is 0 Å². The minimum Gasteiger partial charge on any atom is -0.355 e. The molecule has 130 valence electrons. The lowest BCUT2D eigenvalue weighted by Gasteiger charge is -2.13. The number of nitrogens with one attached hydrogen (secondary N) is 2. The minimum atomic E-state index is -0.0869. The summed E-state index contributed by atoms with van der Waals surface area (Å²) in [6.07, 6.45) is 3.29. The van der Waals surface area contributed by atoms with E-state index in [9.17, 15) is 9.59 Å². The van der Waals surface area contributed by atoms with Crippen LogP contribution in [0.2, 0.25) is 0 Å². The van der Waals surface area contributed by atoms with Crippen molar-refractivity contribution in [1.82, 2.24) is 20.1 Å². The molecular formula is C17H25N5O2. The number of fused-ring (bicyclic) bond motifs is 1. The smallest absolute Gasteiger partial charge is 0.276 e. The van der Waals surface area contributed by atoms with Crippen molar-refractivity contribution >= 4 is 16.9 Å². The number of aromatic amines is 1. The van der Waals surface area contributed by atoms with Crippen molar-refractivity contribution < 1.29 is 4.79 Å². The molecule has 24 heavy (non-hydrogen) atoms. The van der Waals surface area contributed by atoms with Crippen LogP contribution in [-0.4, -0.2) is 33.3 Å². The molecular weight excluding hydrogens is 306 g/mol. The monoisotopic (exact) mass is 331 g/mol. The molecule has 2 heterocycles. The molecule has 1 fully saturated rings. The molecule has 2 aromatic heterocycles. The van der Waals surface area contributed by atoms with E-state index in [1.807, 2.05) is 13.8 Å². The summed E-state index contributed by atoms with van der Waals surface area (Å²) in [5, 5.41) is 6.46. The maximum absolute atomic E-state index is 12.2. The highest BCUT2D eigenvalue weighted by Gasteiger charge is 2.28. The van der Waals surface area contributed by atoms with Gasteiger partial charge in [0.05, 0.1) is 5.39 Å². The van der Waals surface area contributed by atoms with Crippen LogP contribution in [0.5, 0.6) is 0 Å². The Morgan fingerprint density at radius 3 is 2.83 bits per heavy atom. The van der Waals surface area contributed by atoms with Crippen molar-refractivity contribution in [3.8, 4) is 0 Å². The zero-order valence-electron chi connectivity index (χ0n) is 14.5. The van der Waals surface area contributed by atoms with Gasteiger partial charge in [0.15, 0.2) is 5.65 Å². The number of aromatic nitrogens is 3. The van der Waals surface area contributed by atoms with Crippen LogP contribution < -0.4 is 16.6 Å². The molecule has 7 nitrogen and oxygen atoms in total. The third-order valence-corrected chi connectivity index (χ3v) is 4.94. The molecule has 0 aromatic carbocycles. The summed E-state index contributed by atoms with van der Waals surface area (Å²) in [5.41, 5.74) is 9.24. The first-order valence-electron chi connectivity index (χ1n) is 8.45. The molecule has 0 saturated heterocycles. The van der Waals surface area contributed by atoms with Gasteiger partial charge in [-0.3, -0.25) is 19.4 Å². The summed E-state index contributed by atoms with van der Waals surface area (Å²) in [6, 6.07) is 0.0679. The highest BCUT2D eigenvalue weighted by atomic mass is 16.1. The van der Waals surface area contributed by atoms with E-state index >= 15 is 0 Å². The van der Waals surface area contributed by atoms with Crippen molar-refractivity contribution in [3.63, 3.8) is 0 Å². The number of amides is 1. The molecule has 1 aliphatic rings. The predicted octanol–water partition coefficient (Wildman–Crippen LogP) is 0.665. The number of rotatable bonds is 6. The van der Waals surface area contributed by atoms with Gasteiger partial charge in [-0.2, -0.15) is 0 Å². The molecule has 1 amide bonds. The molecule has 1 unspecified atom stereocenters. The molecule has 0 bridgehead atoms. The van der Waals surface area contributed by atoms with Crippen LogP contribution in [0, 0.1) is 19.8 Å². The fraction of sp³-hybridized carbons (Fsp3) is 0.588. The second-order valence-electron chi connectivity index (χ2n) is 6.81. The Kier molecular flexibility index (Phi) is 4.45. The number of H-pyrrole nitrogens is 1. The number of nitrogens with zero attached hydrogens (tertiary/aromatic N) is 2. The maximum atomic E-state index is 12.2. The van der Waals surface area contributed by atoms with E-state index in [0.29, 0.717) is 36.3 Å². The minimum absolute atomic E-state index is 0.00744. The van der Waals surface area contributed by atoms with Gasteiger partial charge >= 0.3 is 0 Å². The first-order valence-corrected chi connectivity index (χ1v) is 8.45. The van der Waals surface area contributed by atoms with Gasteiger partial charge in [-0.05, 0) is 50.2 Å². The highest BCUT2D eigenvalue weighted by Crippen LogP contribution is 2.31. The van der Waals surface area contributed by atoms with E-state index < -0.39 is 0 Å². The second-order valence-corrected chi connectivity index (χ2v) is 6.81. The standard InChI is InChI=1S/C17H25N5O2/c1-9-12(6-7-14(23)19-8-13(18)11-4-5-11)10(2)20-16-15(9)17(24)22(3)21-16/h11,13H,4-8,18H2,1-3H3,(H,19,23)(H,20,21). The van der Waals surface area contributed by atoms with E-state index in [0.717, 1.165) is 16.8 Å². The molecule has 4 N–H and O–H groups in total. The fourth-order valence-electron chi connectivity index (χ4n) is 3.23. The topological polar surface area (TPSA) is 106 Å². The zero-order valence-corrected chi connectivity index (χ0v) is 14.5. The third kappa shape index (κ3) is 3.21. The molecule has 1 atom stereocenters. The first-order chi connectivity index (χ1) is 11.4. The maximum Gasteiger partial charge on any atom is 0.276 e. The quantitative estimate of drug-likeness (QED) is 0.723. The molecule has 0 radical (unpaired) electrons. The van der Waals surface area contributed by atoms with Crippen LogP contribution in [0.25, 0.3) is 11.0 Å². The Morgan fingerprint density at radius 2 is 2.17 bits per heavy atom. The first kappa shape index (κ1) is 16.7. The predicted molar refractivity (Wildman–Crippen MR) is 92.8 cm³/mol. The van der Waals surface area contributed by atoms with Gasteiger partial charge in [0, 0.05) is 31.7 Å². The third-order valence-electron chi connectivity index (χ3n) is 4.94. The highest BCUT2D eigenvalue weighted by molar-refractivity contribution is 5.80. The van der Waals surface area contributed by atoms with Gasteiger partial charge in [0.1, 0.15) is 0 Å². The number of carbonyl (C=O) groups excluding carboxylic acids is 1. The fourth-order valence-corrected chi connectivity index (χ4v) is 3.23. The molecule has 1 aliphatic carbocycles. The van der Waals surface area contributed by atoms with Crippen LogP contribution in [-0.2, 0) is 18.3 Å². The second kappa shape index (κ2) is 6.39. The lowest BCUT2D eigenvalue weighted by Crippen LogP contribution is -2.38. The number of hydrogen-bond acceptors (Lipinski definition) is 4. The number of nitrogens with two attached hydrogens (primary N) is 1. The van der Waals surface area contributed by atoms with Gasteiger partial charge in [0.2, 0.25) is 5.91 Å². The molecule has 0 aliphatic heterocycles. The normalized spacial score (nSPS) is 15.7. The Balaban J connectivity index is 1.69. The van der Waals surface area contributed by atoms with E-state index in [2.05, 4.69) is 15.4 Å². The van der Waals surface area contributed by atoms with Crippen LogP contribution >= 0.6 is 0 Å². The number of hydrogen-bond donors (Lipinski definition) is 3. The van der Waals surface area contributed by atoms with Gasteiger partial charge in [-0.25, -0.2) is 4.98 Å². The van der Waals surface area contributed by atoms with Gasteiger partial charge in [0.25, 0.3) is 5.56 Å². The average Bonchev–Trinajstić information content (AvgIpc) is 3.32. The van der Waals surface area contributed by atoms with E-state index in [4.69, 9.17) is 5.73 Å². The summed E-state index contributed by atoms with van der Waals surface area (Å²) in [6.45, 7) is 4.37. The summed E-state index contributed by atoms with van der Waals surface area (Å²) >= 11 is 0. The summed E-state index contributed by atoms with van der Waals surface area (Å²) in [7, 11) is 1.68. The Hall–Kier alpha value is -2.15. The molecule has 0 spiro atoms. The van der Waals surface area contributed by atoms with Crippen LogP contribution in [0.1, 0.15) is 36.1 Å². The summed E-state index contributed by atoms with van der Waals surface area (Å²) in [5.74, 6) is 0.568. The molecule has 2 aromatic rings. The van der Waals surface area contributed by atoms with E-state index in [1.165, 1.54) is 17.5 Å². The number of aryl methyl sites for hydroxylation is 3. The van der Waals surface area contributed by atoms with Crippen LogP contribution in [0.15, 0.2) is 4.79 Å². The SMILES string of the molecule is Cc1nc2[nH]n(C)c(=O)c2c(C)c1CCC(=O)NCC(N)C1CC1. The summed E-state index contributed by atoms with van der Waals surface area (Å²) < 4.78 is 1.43. The largest absolute Gasteiger partial charge is 0.355 e. The Morgan fingerprint density at radius 1 is 1.46 bits per heavy atom. The van der Waals surface area contributed by atoms with Crippen molar-refractivity contribution in [3.05, 3.63) is 27.2 Å². The van der Waals surface area contributed by atoms with E-state index in [-0.39, 0.29) is 17.5 Å². The van der Waals surface area contributed by atoms with Crippen LogP contribution in [0.4, 0.5) is 0 Å². The van der Waals surface area contributed by atoms with E-state index in [1.54, 1.807) is 7.05 Å². The summed E-state index contributed by atoms with van der Waals surface area (Å²) in [4.78, 5) is 28.7. The lowest BCUT2D eigenvalue weighted by molar-refractivity contribution is -0.121. The van der Waals surface area contributed by atoms with Crippen molar-refractivity contribution in [2.75, 3.05) is 6.54 Å². The lowest BCUT2D eigenvalue weighted by atomic mass is 10.00. The average molecular weight is 331 g/mol. The number of pyridine rings is 1. The van der Waals surface area contributed by atoms with Crippen molar-refractivity contribution in [1.29, 1.82) is 0 Å².